The maximum absolute atomic E-state index is 11.3. The molecule has 94 valence electrons. The molecule has 0 aliphatic rings. The molecule has 0 aliphatic carbocycles. The van der Waals surface area contributed by atoms with E-state index >= 15 is 0 Å². The number of hydrogen-bond donors (Lipinski definition) is 1. The van der Waals surface area contributed by atoms with Crippen molar-refractivity contribution >= 4 is 0 Å². The van der Waals surface area contributed by atoms with E-state index in [0.717, 1.165) is 5.56 Å². The fraction of sp³-hybridized carbons (Fsp3) is 0.214. The van der Waals surface area contributed by atoms with Gasteiger partial charge in [0.15, 0.2) is 0 Å². The maximum Gasteiger partial charge on any atom is 0.339 e. The van der Waals surface area contributed by atoms with Gasteiger partial charge >= 0.3 is 5.63 Å². The van der Waals surface area contributed by atoms with E-state index in [1.807, 2.05) is 30.3 Å². The lowest BCUT2D eigenvalue weighted by molar-refractivity contribution is 0.144. The van der Waals surface area contributed by atoms with Gasteiger partial charge < -0.3 is 14.3 Å². The Bertz CT molecular complexity index is 560. The van der Waals surface area contributed by atoms with E-state index in [9.17, 15) is 9.90 Å². The van der Waals surface area contributed by atoms with Crippen LogP contribution in [0, 0.1) is 0 Å². The van der Waals surface area contributed by atoms with Gasteiger partial charge in [0.2, 0.25) is 0 Å². The lowest BCUT2D eigenvalue weighted by Gasteiger charge is -2.10. The highest BCUT2D eigenvalue weighted by atomic mass is 16.5. The Labute approximate surface area is 104 Å². The van der Waals surface area contributed by atoms with Gasteiger partial charge in [0.1, 0.15) is 17.6 Å². The summed E-state index contributed by atoms with van der Waals surface area (Å²) in [7, 11) is 1.46. The average molecular weight is 246 g/mol. The summed E-state index contributed by atoms with van der Waals surface area (Å²) < 4.78 is 9.93. The van der Waals surface area contributed by atoms with Crippen molar-refractivity contribution in [1.82, 2.24) is 0 Å². The van der Waals surface area contributed by atoms with Gasteiger partial charge in [0.25, 0.3) is 0 Å². The van der Waals surface area contributed by atoms with Gasteiger partial charge in [-0.3, -0.25) is 0 Å². The highest BCUT2D eigenvalue weighted by molar-refractivity contribution is 5.23. The molecule has 0 fully saturated rings. The normalized spacial score (nSPS) is 12.1. The molecule has 18 heavy (non-hydrogen) atoms. The predicted octanol–water partition coefficient (Wildman–Crippen LogP) is 1.92. The third-order valence-corrected chi connectivity index (χ3v) is 2.60. The van der Waals surface area contributed by atoms with E-state index in [4.69, 9.17) is 9.15 Å². The van der Waals surface area contributed by atoms with E-state index in [0.29, 0.717) is 12.2 Å². The summed E-state index contributed by atoms with van der Waals surface area (Å²) in [4.78, 5) is 11.3. The van der Waals surface area contributed by atoms with E-state index in [1.54, 1.807) is 0 Å². The number of methoxy groups -OCH3 is 1. The molecule has 0 radical (unpaired) electrons. The molecule has 1 atom stereocenters. The van der Waals surface area contributed by atoms with Crippen LogP contribution in [0.4, 0.5) is 0 Å². The fourth-order valence-corrected chi connectivity index (χ4v) is 1.69. The van der Waals surface area contributed by atoms with Crippen molar-refractivity contribution < 1.29 is 14.3 Å². The molecule has 4 heteroatoms. The summed E-state index contributed by atoms with van der Waals surface area (Å²) in [5.74, 6) is 0.594. The van der Waals surface area contributed by atoms with Gasteiger partial charge in [-0.05, 0) is 5.56 Å². The number of rotatable bonds is 4. The second-order valence-electron chi connectivity index (χ2n) is 3.92. The van der Waals surface area contributed by atoms with Crippen molar-refractivity contribution in [3.63, 3.8) is 0 Å². The molecule has 2 rings (SSSR count). The van der Waals surface area contributed by atoms with Crippen LogP contribution >= 0.6 is 0 Å². The molecule has 0 aliphatic heterocycles. The SMILES string of the molecule is COc1cc(C(O)Cc2ccccc2)oc(=O)c1. The summed E-state index contributed by atoms with van der Waals surface area (Å²) in [5, 5.41) is 10.0. The largest absolute Gasteiger partial charge is 0.496 e. The van der Waals surface area contributed by atoms with Crippen molar-refractivity contribution in [2.75, 3.05) is 7.11 Å². The number of aliphatic hydroxyl groups excluding tert-OH is 1. The van der Waals surface area contributed by atoms with Crippen LogP contribution < -0.4 is 10.4 Å². The summed E-state index contributed by atoms with van der Waals surface area (Å²) in [6.07, 6.45) is -0.480. The van der Waals surface area contributed by atoms with Crippen LogP contribution in [-0.2, 0) is 6.42 Å². The molecule has 4 nitrogen and oxygen atoms in total. The maximum atomic E-state index is 11.3. The Hall–Kier alpha value is -2.07. The standard InChI is InChI=1S/C14H14O4/c1-17-11-8-13(18-14(16)9-11)12(15)7-10-5-3-2-4-6-10/h2-6,8-9,12,15H,7H2,1H3. The van der Waals surface area contributed by atoms with Gasteiger partial charge in [0.05, 0.1) is 13.2 Å². The van der Waals surface area contributed by atoms with E-state index in [2.05, 4.69) is 0 Å². The first-order chi connectivity index (χ1) is 8.69. The summed E-state index contributed by atoms with van der Waals surface area (Å²) in [5.41, 5.74) is 0.437. The van der Waals surface area contributed by atoms with Crippen molar-refractivity contribution in [1.29, 1.82) is 0 Å². The first-order valence-electron chi connectivity index (χ1n) is 5.60. The van der Waals surface area contributed by atoms with Crippen LogP contribution in [0.2, 0.25) is 0 Å². The zero-order valence-electron chi connectivity index (χ0n) is 10.00. The van der Waals surface area contributed by atoms with Crippen LogP contribution in [0.5, 0.6) is 5.75 Å². The molecule has 1 aromatic heterocycles. The molecule has 0 saturated carbocycles. The zero-order valence-corrected chi connectivity index (χ0v) is 10.00. The van der Waals surface area contributed by atoms with Gasteiger partial charge in [-0.15, -0.1) is 0 Å². The highest BCUT2D eigenvalue weighted by Gasteiger charge is 2.13. The second kappa shape index (κ2) is 5.51. The van der Waals surface area contributed by atoms with Crippen molar-refractivity contribution in [3.8, 4) is 5.75 Å². The lowest BCUT2D eigenvalue weighted by atomic mass is 10.1. The zero-order chi connectivity index (χ0) is 13.0. The van der Waals surface area contributed by atoms with Gasteiger partial charge in [-0.2, -0.15) is 0 Å². The van der Waals surface area contributed by atoms with Crippen LogP contribution in [0.25, 0.3) is 0 Å². The summed E-state index contributed by atoms with van der Waals surface area (Å²) in [6.45, 7) is 0. The molecule has 0 amide bonds. The van der Waals surface area contributed by atoms with E-state index < -0.39 is 11.7 Å². The minimum Gasteiger partial charge on any atom is -0.496 e. The van der Waals surface area contributed by atoms with Crippen LogP contribution in [0.1, 0.15) is 17.4 Å². The number of ether oxygens (including phenoxy) is 1. The molecular formula is C14H14O4. The molecule has 1 heterocycles. The Balaban J connectivity index is 2.21. The van der Waals surface area contributed by atoms with Gasteiger partial charge in [-0.25, -0.2) is 4.79 Å². The van der Waals surface area contributed by atoms with Crippen molar-refractivity contribution in [2.24, 2.45) is 0 Å². The minimum absolute atomic E-state index is 0.211. The molecule has 0 saturated heterocycles. The molecular weight excluding hydrogens is 232 g/mol. The molecule has 0 spiro atoms. The van der Waals surface area contributed by atoms with E-state index in [1.165, 1.54) is 19.2 Å². The Morgan fingerprint density at radius 2 is 2.00 bits per heavy atom. The molecule has 1 aromatic carbocycles. The quantitative estimate of drug-likeness (QED) is 0.895. The molecule has 0 bridgehead atoms. The van der Waals surface area contributed by atoms with E-state index in [-0.39, 0.29) is 5.76 Å². The molecule has 1 N–H and O–H groups in total. The average Bonchev–Trinajstić information content (AvgIpc) is 2.39. The second-order valence-corrected chi connectivity index (χ2v) is 3.92. The number of benzene rings is 1. The number of aliphatic hydroxyl groups is 1. The van der Waals surface area contributed by atoms with Crippen LogP contribution in [-0.4, -0.2) is 12.2 Å². The predicted molar refractivity (Wildman–Crippen MR) is 66.6 cm³/mol. The Kier molecular flexibility index (Phi) is 3.79. The topological polar surface area (TPSA) is 59.7 Å². The minimum atomic E-state index is -0.866. The first-order valence-corrected chi connectivity index (χ1v) is 5.60. The monoisotopic (exact) mass is 246 g/mol. The molecule has 2 aromatic rings. The van der Waals surface area contributed by atoms with Crippen molar-refractivity contribution in [3.05, 3.63) is 64.2 Å². The van der Waals surface area contributed by atoms with Crippen LogP contribution in [0.15, 0.2) is 51.7 Å². The smallest absolute Gasteiger partial charge is 0.339 e. The Morgan fingerprint density at radius 1 is 1.28 bits per heavy atom. The summed E-state index contributed by atoms with van der Waals surface area (Å²) >= 11 is 0. The lowest BCUT2D eigenvalue weighted by Crippen LogP contribution is -2.07. The fourth-order valence-electron chi connectivity index (χ4n) is 1.69. The third-order valence-electron chi connectivity index (χ3n) is 2.60. The van der Waals surface area contributed by atoms with Gasteiger partial charge in [-0.1, -0.05) is 30.3 Å². The Morgan fingerprint density at radius 3 is 2.67 bits per heavy atom. The number of hydrogen-bond acceptors (Lipinski definition) is 4. The van der Waals surface area contributed by atoms with Crippen molar-refractivity contribution in [2.45, 2.75) is 12.5 Å². The molecule has 1 unspecified atom stereocenters. The summed E-state index contributed by atoms with van der Waals surface area (Å²) in [6, 6.07) is 12.3. The van der Waals surface area contributed by atoms with Crippen LogP contribution in [0.3, 0.4) is 0 Å². The highest BCUT2D eigenvalue weighted by Crippen LogP contribution is 2.20. The first kappa shape index (κ1) is 12.4. The third kappa shape index (κ3) is 2.99. The van der Waals surface area contributed by atoms with Gasteiger partial charge in [0, 0.05) is 12.5 Å².